The number of hydrogen-bond donors (Lipinski definition) is 1. The molecule has 0 aliphatic heterocycles. The first-order chi connectivity index (χ1) is 9.22. The second-order valence-electron chi connectivity index (χ2n) is 4.81. The molecule has 1 aromatic carbocycles. The van der Waals surface area contributed by atoms with E-state index in [2.05, 4.69) is 43.4 Å². The van der Waals surface area contributed by atoms with Crippen molar-refractivity contribution in [3.63, 3.8) is 0 Å². The topological polar surface area (TPSA) is 38.3 Å². The van der Waals surface area contributed by atoms with Gasteiger partial charge in [0.05, 0.1) is 0 Å². The largest absolute Gasteiger partial charge is 0.464 e. The zero-order valence-electron chi connectivity index (χ0n) is 12.1. The van der Waals surface area contributed by atoms with E-state index >= 15 is 0 Å². The highest BCUT2D eigenvalue weighted by Gasteiger charge is 2.03. The van der Waals surface area contributed by atoms with Crippen LogP contribution in [0.4, 0.5) is 0 Å². The Kier molecular flexibility index (Phi) is 7.91. The van der Waals surface area contributed by atoms with Crippen LogP contribution < -0.4 is 5.32 Å². The minimum absolute atomic E-state index is 0.113. The number of rotatable bonds is 9. The van der Waals surface area contributed by atoms with Crippen LogP contribution >= 0.6 is 0 Å². The monoisotopic (exact) mass is 263 g/mol. The molecule has 106 valence electrons. The predicted octanol–water partition coefficient (Wildman–Crippen LogP) is 2.86. The molecular formula is C16H25NO2. The average molecular weight is 263 g/mol. The average Bonchev–Trinajstić information content (AvgIpc) is 2.42. The molecule has 0 atom stereocenters. The van der Waals surface area contributed by atoms with Crippen molar-refractivity contribution in [2.24, 2.45) is 0 Å². The Labute approximate surface area is 116 Å². The quantitative estimate of drug-likeness (QED) is 0.550. The molecule has 0 saturated carbocycles. The lowest BCUT2D eigenvalue weighted by atomic mass is 10.1. The van der Waals surface area contributed by atoms with Crippen molar-refractivity contribution in [1.29, 1.82) is 0 Å². The van der Waals surface area contributed by atoms with Gasteiger partial charge in [0.1, 0.15) is 6.61 Å². The molecule has 1 aromatic rings. The van der Waals surface area contributed by atoms with E-state index in [9.17, 15) is 4.79 Å². The maximum atomic E-state index is 11.5. The summed E-state index contributed by atoms with van der Waals surface area (Å²) in [4.78, 5) is 11.5. The van der Waals surface area contributed by atoms with Crippen molar-refractivity contribution >= 4 is 5.97 Å². The Morgan fingerprint density at radius 2 is 1.95 bits per heavy atom. The van der Waals surface area contributed by atoms with Gasteiger partial charge < -0.3 is 10.1 Å². The van der Waals surface area contributed by atoms with Crippen LogP contribution in [0.15, 0.2) is 24.3 Å². The Hall–Kier alpha value is -1.35. The molecule has 1 rings (SSSR count). The fraction of sp³-hybridized carbons (Fsp3) is 0.562. The summed E-state index contributed by atoms with van der Waals surface area (Å²) < 4.78 is 5.17. The van der Waals surface area contributed by atoms with Gasteiger partial charge in [-0.1, -0.05) is 43.2 Å². The first-order valence-corrected chi connectivity index (χ1v) is 7.14. The van der Waals surface area contributed by atoms with E-state index < -0.39 is 0 Å². The Balaban J connectivity index is 2.06. The standard InChI is InChI=1S/C16H25NO2/c1-3-4-11-17-12-13-19-16(18)10-9-15-7-5-14(2)6-8-15/h5-8,17H,3-4,9-13H2,1-2H3. The molecule has 1 N–H and O–H groups in total. The number of nitrogens with one attached hydrogen (secondary N) is 1. The summed E-state index contributed by atoms with van der Waals surface area (Å²) in [7, 11) is 0. The van der Waals surface area contributed by atoms with Crippen LogP contribution in [-0.2, 0) is 16.0 Å². The van der Waals surface area contributed by atoms with Gasteiger partial charge in [-0.15, -0.1) is 0 Å². The number of carbonyl (C=O) groups excluding carboxylic acids is 1. The molecule has 0 radical (unpaired) electrons. The summed E-state index contributed by atoms with van der Waals surface area (Å²) in [5.74, 6) is -0.113. The number of esters is 1. The summed E-state index contributed by atoms with van der Waals surface area (Å²) in [5, 5.41) is 3.24. The van der Waals surface area contributed by atoms with Gasteiger partial charge in [0.25, 0.3) is 0 Å². The lowest BCUT2D eigenvalue weighted by molar-refractivity contribution is -0.143. The fourth-order valence-electron chi connectivity index (χ4n) is 1.74. The predicted molar refractivity (Wildman–Crippen MR) is 78.2 cm³/mol. The van der Waals surface area contributed by atoms with E-state index in [1.54, 1.807) is 0 Å². The van der Waals surface area contributed by atoms with Crippen LogP contribution in [-0.4, -0.2) is 25.7 Å². The third-order valence-corrected chi connectivity index (χ3v) is 2.99. The normalized spacial score (nSPS) is 10.4. The van der Waals surface area contributed by atoms with E-state index in [1.165, 1.54) is 24.0 Å². The maximum Gasteiger partial charge on any atom is 0.306 e. The van der Waals surface area contributed by atoms with Crippen LogP contribution in [0, 0.1) is 6.92 Å². The molecule has 0 aliphatic rings. The van der Waals surface area contributed by atoms with Gasteiger partial charge in [-0.2, -0.15) is 0 Å². The summed E-state index contributed by atoms with van der Waals surface area (Å²) in [6, 6.07) is 8.26. The number of ether oxygens (including phenoxy) is 1. The smallest absolute Gasteiger partial charge is 0.306 e. The van der Waals surface area contributed by atoms with Crippen molar-refractivity contribution in [2.45, 2.75) is 39.5 Å². The van der Waals surface area contributed by atoms with Gasteiger partial charge in [0.2, 0.25) is 0 Å². The lowest BCUT2D eigenvalue weighted by Crippen LogP contribution is -2.22. The highest BCUT2D eigenvalue weighted by Crippen LogP contribution is 2.06. The molecule has 0 bridgehead atoms. The number of benzene rings is 1. The van der Waals surface area contributed by atoms with Gasteiger partial charge >= 0.3 is 5.97 Å². The summed E-state index contributed by atoms with van der Waals surface area (Å²) in [6.07, 6.45) is 3.56. The highest BCUT2D eigenvalue weighted by atomic mass is 16.5. The summed E-state index contributed by atoms with van der Waals surface area (Å²) >= 11 is 0. The van der Waals surface area contributed by atoms with E-state index in [4.69, 9.17) is 4.74 Å². The van der Waals surface area contributed by atoms with E-state index in [0.29, 0.717) is 13.0 Å². The third-order valence-electron chi connectivity index (χ3n) is 2.99. The Bertz CT molecular complexity index is 360. The van der Waals surface area contributed by atoms with Gasteiger partial charge in [-0.25, -0.2) is 0 Å². The molecule has 0 saturated heterocycles. The van der Waals surface area contributed by atoms with Crippen LogP contribution in [0.25, 0.3) is 0 Å². The Morgan fingerprint density at radius 1 is 1.21 bits per heavy atom. The van der Waals surface area contributed by atoms with Crippen molar-refractivity contribution in [3.05, 3.63) is 35.4 Å². The number of hydrogen-bond acceptors (Lipinski definition) is 3. The van der Waals surface area contributed by atoms with E-state index in [0.717, 1.165) is 19.5 Å². The van der Waals surface area contributed by atoms with Crippen molar-refractivity contribution in [3.8, 4) is 0 Å². The van der Waals surface area contributed by atoms with E-state index in [1.807, 2.05) is 0 Å². The minimum atomic E-state index is -0.113. The van der Waals surface area contributed by atoms with Crippen molar-refractivity contribution in [2.75, 3.05) is 19.7 Å². The second-order valence-corrected chi connectivity index (χ2v) is 4.81. The SMILES string of the molecule is CCCCNCCOC(=O)CCc1ccc(C)cc1. The van der Waals surface area contributed by atoms with Gasteiger partial charge in [-0.3, -0.25) is 4.79 Å². The summed E-state index contributed by atoms with van der Waals surface area (Å²) in [5.41, 5.74) is 2.42. The molecule has 0 aromatic heterocycles. The van der Waals surface area contributed by atoms with Gasteiger partial charge in [0, 0.05) is 13.0 Å². The second kappa shape index (κ2) is 9.56. The molecular weight excluding hydrogens is 238 g/mol. The molecule has 0 unspecified atom stereocenters. The molecule has 0 aliphatic carbocycles. The Morgan fingerprint density at radius 3 is 2.63 bits per heavy atom. The highest BCUT2D eigenvalue weighted by molar-refractivity contribution is 5.69. The summed E-state index contributed by atoms with van der Waals surface area (Å²) in [6.45, 7) is 6.43. The lowest BCUT2D eigenvalue weighted by Gasteiger charge is -2.06. The van der Waals surface area contributed by atoms with E-state index in [-0.39, 0.29) is 5.97 Å². The molecule has 3 nitrogen and oxygen atoms in total. The van der Waals surface area contributed by atoms with Crippen LogP contribution in [0.1, 0.15) is 37.3 Å². The van der Waals surface area contributed by atoms with Crippen molar-refractivity contribution < 1.29 is 9.53 Å². The first kappa shape index (κ1) is 15.7. The number of unbranched alkanes of at least 4 members (excludes halogenated alkanes) is 1. The molecule has 3 heteroatoms. The molecule has 0 fully saturated rings. The molecule has 0 spiro atoms. The van der Waals surface area contributed by atoms with Gasteiger partial charge in [-0.05, 0) is 31.9 Å². The van der Waals surface area contributed by atoms with Crippen LogP contribution in [0.3, 0.4) is 0 Å². The minimum Gasteiger partial charge on any atom is -0.464 e. The molecule has 19 heavy (non-hydrogen) atoms. The van der Waals surface area contributed by atoms with Crippen LogP contribution in [0.2, 0.25) is 0 Å². The number of carbonyl (C=O) groups is 1. The van der Waals surface area contributed by atoms with Gasteiger partial charge in [0.15, 0.2) is 0 Å². The zero-order chi connectivity index (χ0) is 13.9. The third kappa shape index (κ3) is 7.62. The fourth-order valence-corrected chi connectivity index (χ4v) is 1.74. The molecule has 0 amide bonds. The zero-order valence-corrected chi connectivity index (χ0v) is 12.1. The first-order valence-electron chi connectivity index (χ1n) is 7.14. The molecule has 0 heterocycles. The van der Waals surface area contributed by atoms with Crippen molar-refractivity contribution in [1.82, 2.24) is 5.32 Å². The maximum absolute atomic E-state index is 11.5. The number of aryl methyl sites for hydroxylation is 2. The van der Waals surface area contributed by atoms with Crippen LogP contribution in [0.5, 0.6) is 0 Å².